The number of H-pyrrole nitrogens is 1. The van der Waals surface area contributed by atoms with Crippen LogP contribution in [0.3, 0.4) is 0 Å². The number of hydrogen-bond acceptors (Lipinski definition) is 4. The molecule has 0 aliphatic carbocycles. The number of esters is 1. The number of carbonyl (C=O) groups excluding carboxylic acids is 1. The van der Waals surface area contributed by atoms with Crippen molar-refractivity contribution in [1.29, 1.82) is 0 Å². The summed E-state index contributed by atoms with van der Waals surface area (Å²) in [6.07, 6.45) is 0. The van der Waals surface area contributed by atoms with Crippen LogP contribution in [0.1, 0.15) is 16.2 Å². The van der Waals surface area contributed by atoms with E-state index in [0.29, 0.717) is 0 Å². The van der Waals surface area contributed by atoms with E-state index in [2.05, 4.69) is 32.2 Å². The van der Waals surface area contributed by atoms with Crippen molar-refractivity contribution in [3.8, 4) is 0 Å². The molecule has 2 N–H and O–H groups in total. The Morgan fingerprint density at radius 2 is 2.05 bits per heavy atom. The first-order valence-electron chi connectivity index (χ1n) is 6.62. The highest BCUT2D eigenvalue weighted by Crippen LogP contribution is 2.18. The third kappa shape index (κ3) is 2.86. The van der Waals surface area contributed by atoms with Gasteiger partial charge in [-0.1, -0.05) is 30.3 Å². The van der Waals surface area contributed by atoms with E-state index >= 15 is 0 Å². The molecule has 5 heteroatoms. The van der Waals surface area contributed by atoms with E-state index in [1.807, 2.05) is 36.4 Å². The molecule has 0 bridgehead atoms. The van der Waals surface area contributed by atoms with Crippen molar-refractivity contribution in [2.75, 3.05) is 12.4 Å². The van der Waals surface area contributed by atoms with E-state index in [1.54, 1.807) is 0 Å². The Morgan fingerprint density at radius 1 is 1.24 bits per heavy atom. The SMILES string of the molecule is COC(=O)c1nc2ccc(NCc3ccccc3)cc2[nH]1. The third-order valence-corrected chi connectivity index (χ3v) is 3.20. The maximum atomic E-state index is 11.4. The molecule has 2 aromatic carbocycles. The van der Waals surface area contributed by atoms with Gasteiger partial charge in [0, 0.05) is 12.2 Å². The van der Waals surface area contributed by atoms with Gasteiger partial charge in [0.1, 0.15) is 0 Å². The fraction of sp³-hybridized carbons (Fsp3) is 0.125. The van der Waals surface area contributed by atoms with Gasteiger partial charge in [-0.25, -0.2) is 9.78 Å². The van der Waals surface area contributed by atoms with Crippen molar-refractivity contribution in [2.45, 2.75) is 6.54 Å². The van der Waals surface area contributed by atoms with E-state index in [9.17, 15) is 4.79 Å². The molecule has 106 valence electrons. The zero-order valence-corrected chi connectivity index (χ0v) is 11.6. The molecule has 0 saturated carbocycles. The monoisotopic (exact) mass is 281 g/mol. The van der Waals surface area contributed by atoms with Gasteiger partial charge in [0.2, 0.25) is 5.82 Å². The minimum atomic E-state index is -0.468. The number of nitrogens with one attached hydrogen (secondary N) is 2. The van der Waals surface area contributed by atoms with Gasteiger partial charge < -0.3 is 15.0 Å². The molecule has 3 aromatic rings. The lowest BCUT2D eigenvalue weighted by Gasteiger charge is -2.06. The Morgan fingerprint density at radius 3 is 2.81 bits per heavy atom. The van der Waals surface area contributed by atoms with Crippen LogP contribution in [0.25, 0.3) is 11.0 Å². The van der Waals surface area contributed by atoms with Gasteiger partial charge in [-0.3, -0.25) is 0 Å². The number of hydrogen-bond donors (Lipinski definition) is 2. The number of methoxy groups -OCH3 is 1. The van der Waals surface area contributed by atoms with Crippen LogP contribution < -0.4 is 5.32 Å². The molecule has 0 amide bonds. The Hall–Kier alpha value is -2.82. The molecular formula is C16H15N3O2. The Labute approximate surface area is 122 Å². The number of anilines is 1. The average molecular weight is 281 g/mol. The number of benzene rings is 2. The number of fused-ring (bicyclic) bond motifs is 1. The van der Waals surface area contributed by atoms with Crippen LogP contribution in [0, 0.1) is 0 Å². The standard InChI is InChI=1S/C16H15N3O2/c1-21-16(20)15-18-13-8-7-12(9-14(13)19-15)17-10-11-5-3-2-4-6-11/h2-9,17H,10H2,1H3,(H,18,19). The Balaban J connectivity index is 1.79. The summed E-state index contributed by atoms with van der Waals surface area (Å²) in [5.74, 6) is -0.252. The summed E-state index contributed by atoms with van der Waals surface area (Å²) < 4.78 is 4.65. The summed E-state index contributed by atoms with van der Waals surface area (Å²) in [6, 6.07) is 15.9. The molecule has 0 unspecified atom stereocenters. The molecule has 0 fully saturated rings. The highest BCUT2D eigenvalue weighted by molar-refractivity contribution is 5.91. The van der Waals surface area contributed by atoms with Gasteiger partial charge in [0.25, 0.3) is 0 Å². The Bertz CT molecular complexity index is 766. The quantitative estimate of drug-likeness (QED) is 0.721. The number of ether oxygens (including phenoxy) is 1. The van der Waals surface area contributed by atoms with Crippen molar-refractivity contribution in [3.63, 3.8) is 0 Å². The second kappa shape index (κ2) is 5.66. The fourth-order valence-corrected chi connectivity index (χ4v) is 2.11. The van der Waals surface area contributed by atoms with Gasteiger partial charge in [-0.05, 0) is 23.8 Å². The lowest BCUT2D eigenvalue weighted by Crippen LogP contribution is -2.02. The van der Waals surface area contributed by atoms with Crippen LogP contribution >= 0.6 is 0 Å². The summed E-state index contributed by atoms with van der Waals surface area (Å²) in [5.41, 5.74) is 3.71. The lowest BCUT2D eigenvalue weighted by molar-refractivity contribution is 0.0588. The molecule has 1 aromatic heterocycles. The largest absolute Gasteiger partial charge is 0.463 e. The van der Waals surface area contributed by atoms with E-state index in [-0.39, 0.29) is 5.82 Å². The minimum absolute atomic E-state index is 0.215. The molecule has 0 spiro atoms. The van der Waals surface area contributed by atoms with Gasteiger partial charge in [-0.2, -0.15) is 0 Å². The minimum Gasteiger partial charge on any atom is -0.463 e. The van der Waals surface area contributed by atoms with Crippen LogP contribution in [0.5, 0.6) is 0 Å². The smallest absolute Gasteiger partial charge is 0.374 e. The summed E-state index contributed by atoms with van der Waals surface area (Å²) in [5, 5.41) is 3.34. The number of carbonyl (C=O) groups is 1. The highest BCUT2D eigenvalue weighted by Gasteiger charge is 2.11. The topological polar surface area (TPSA) is 67.0 Å². The summed E-state index contributed by atoms with van der Waals surface area (Å²) in [7, 11) is 1.34. The van der Waals surface area contributed by atoms with E-state index < -0.39 is 5.97 Å². The van der Waals surface area contributed by atoms with Crippen molar-refractivity contribution in [3.05, 3.63) is 59.9 Å². The zero-order chi connectivity index (χ0) is 14.7. The van der Waals surface area contributed by atoms with E-state index in [0.717, 1.165) is 23.3 Å². The average Bonchev–Trinajstić information content (AvgIpc) is 2.96. The number of nitrogens with zero attached hydrogens (tertiary/aromatic N) is 1. The molecule has 0 aliphatic rings. The highest BCUT2D eigenvalue weighted by atomic mass is 16.5. The van der Waals surface area contributed by atoms with Crippen molar-refractivity contribution >= 4 is 22.7 Å². The maximum absolute atomic E-state index is 11.4. The lowest BCUT2D eigenvalue weighted by atomic mass is 10.2. The van der Waals surface area contributed by atoms with Crippen LogP contribution in [0.4, 0.5) is 5.69 Å². The second-order valence-corrected chi connectivity index (χ2v) is 4.65. The number of aromatic amines is 1. The normalized spacial score (nSPS) is 10.5. The predicted molar refractivity (Wildman–Crippen MR) is 81.2 cm³/mol. The van der Waals surface area contributed by atoms with Gasteiger partial charge in [0.15, 0.2) is 0 Å². The number of rotatable bonds is 4. The molecule has 21 heavy (non-hydrogen) atoms. The zero-order valence-electron chi connectivity index (χ0n) is 11.6. The molecular weight excluding hydrogens is 266 g/mol. The van der Waals surface area contributed by atoms with Crippen molar-refractivity contribution in [1.82, 2.24) is 9.97 Å². The fourth-order valence-electron chi connectivity index (χ4n) is 2.11. The maximum Gasteiger partial charge on any atom is 0.374 e. The number of aromatic nitrogens is 2. The van der Waals surface area contributed by atoms with Gasteiger partial charge in [-0.15, -0.1) is 0 Å². The summed E-state index contributed by atoms with van der Waals surface area (Å²) in [4.78, 5) is 18.6. The van der Waals surface area contributed by atoms with E-state index in [1.165, 1.54) is 12.7 Å². The molecule has 0 aliphatic heterocycles. The first kappa shape index (κ1) is 13.2. The number of imidazole rings is 1. The molecule has 5 nitrogen and oxygen atoms in total. The van der Waals surface area contributed by atoms with Crippen molar-refractivity contribution < 1.29 is 9.53 Å². The van der Waals surface area contributed by atoms with Gasteiger partial charge in [0.05, 0.1) is 18.1 Å². The van der Waals surface area contributed by atoms with Gasteiger partial charge >= 0.3 is 5.97 Å². The van der Waals surface area contributed by atoms with Crippen LogP contribution in [0.2, 0.25) is 0 Å². The Kier molecular flexibility index (Phi) is 3.55. The summed E-state index contributed by atoms with van der Waals surface area (Å²) in [6.45, 7) is 0.740. The van der Waals surface area contributed by atoms with Crippen molar-refractivity contribution in [2.24, 2.45) is 0 Å². The van der Waals surface area contributed by atoms with Crippen LogP contribution in [-0.4, -0.2) is 23.0 Å². The summed E-state index contributed by atoms with van der Waals surface area (Å²) >= 11 is 0. The predicted octanol–water partition coefficient (Wildman–Crippen LogP) is 2.96. The molecule has 0 saturated heterocycles. The molecule has 0 atom stereocenters. The van der Waals surface area contributed by atoms with Crippen LogP contribution in [0.15, 0.2) is 48.5 Å². The first-order valence-corrected chi connectivity index (χ1v) is 6.62. The second-order valence-electron chi connectivity index (χ2n) is 4.65. The van der Waals surface area contributed by atoms with Crippen LogP contribution in [-0.2, 0) is 11.3 Å². The first-order chi connectivity index (χ1) is 10.3. The molecule has 0 radical (unpaired) electrons. The molecule has 1 heterocycles. The van der Waals surface area contributed by atoms with E-state index in [4.69, 9.17) is 0 Å². The third-order valence-electron chi connectivity index (χ3n) is 3.20. The molecule has 3 rings (SSSR count).